The fourth-order valence-corrected chi connectivity index (χ4v) is 11.4. The number of hydrogen-bond donors (Lipinski definition) is 1. The van der Waals surface area contributed by atoms with Gasteiger partial charge in [0, 0.05) is 0 Å². The molecule has 0 spiro atoms. The summed E-state index contributed by atoms with van der Waals surface area (Å²) in [4.78, 5) is 101. The van der Waals surface area contributed by atoms with Crippen molar-refractivity contribution in [1.29, 1.82) is 0 Å². The first-order chi connectivity index (χ1) is 48.4. The fraction of sp³-hybridized carbons (Fsp3) is 0.410. The zero-order valence-electron chi connectivity index (χ0n) is 57.7. The molecule has 6 aromatic rings. The molecule has 1 amide bonds. The van der Waals surface area contributed by atoms with Gasteiger partial charge in [-0.15, -0.1) is 0 Å². The number of benzene rings is 6. The molecule has 0 radical (unpaired) electrons. The molecule has 0 saturated carbocycles. The predicted molar refractivity (Wildman–Crippen MR) is 382 cm³/mol. The Bertz CT molecular complexity index is 3440. The van der Waals surface area contributed by atoms with Gasteiger partial charge in [-0.25, -0.2) is 28.8 Å². The Morgan fingerprint density at radius 2 is 0.838 bits per heavy atom. The van der Waals surface area contributed by atoms with Crippen molar-refractivity contribution in [3.63, 3.8) is 0 Å². The molecule has 16 heteroatoms. The third-order valence-corrected chi connectivity index (χ3v) is 17.0. The Balaban J connectivity index is 1.29. The highest BCUT2D eigenvalue weighted by atomic mass is 16.7. The normalized spacial score (nSPS) is 17.0. The first kappa shape index (κ1) is 77.1. The van der Waals surface area contributed by atoms with Crippen LogP contribution in [0.2, 0.25) is 0 Å². The van der Waals surface area contributed by atoms with Crippen molar-refractivity contribution in [3.8, 4) is 0 Å². The summed E-state index contributed by atoms with van der Waals surface area (Å²) >= 11 is 0. The molecule has 1 heterocycles. The Labute approximate surface area is 584 Å². The molecule has 1 aliphatic heterocycles. The van der Waals surface area contributed by atoms with Crippen LogP contribution >= 0.6 is 0 Å². The van der Waals surface area contributed by atoms with Gasteiger partial charge in [0.1, 0.15) is 18.8 Å². The highest BCUT2D eigenvalue weighted by Crippen LogP contribution is 2.33. The van der Waals surface area contributed by atoms with E-state index in [2.05, 4.69) is 37.4 Å². The van der Waals surface area contributed by atoms with E-state index in [9.17, 15) is 28.8 Å². The smallest absolute Gasteiger partial charge is 0.338 e. The van der Waals surface area contributed by atoms with Crippen molar-refractivity contribution in [2.75, 3.05) is 13.2 Å². The number of allylic oxidation sites excluding steroid dienone is 5. The monoisotopic (exact) mass is 1350 g/mol. The largest absolute Gasteiger partial charge is 0.459 e. The first-order valence-corrected chi connectivity index (χ1v) is 35.5. The van der Waals surface area contributed by atoms with Gasteiger partial charge in [0.15, 0.2) is 30.7 Å². The summed E-state index contributed by atoms with van der Waals surface area (Å²) in [6.07, 6.45) is 19.6. The predicted octanol–water partition coefficient (Wildman–Crippen LogP) is 17.5. The van der Waals surface area contributed by atoms with Crippen LogP contribution in [0.15, 0.2) is 218 Å². The van der Waals surface area contributed by atoms with Crippen molar-refractivity contribution in [1.82, 2.24) is 5.32 Å². The molecule has 99 heavy (non-hydrogen) atoms. The van der Waals surface area contributed by atoms with Crippen molar-refractivity contribution >= 4 is 41.7 Å². The average Bonchev–Trinajstić information content (AvgIpc) is 0.778. The van der Waals surface area contributed by atoms with Crippen molar-refractivity contribution in [2.45, 2.75) is 205 Å². The third-order valence-electron chi connectivity index (χ3n) is 17.0. The maximum atomic E-state index is 15.4. The van der Waals surface area contributed by atoms with Crippen LogP contribution in [-0.4, -0.2) is 104 Å². The van der Waals surface area contributed by atoms with Crippen molar-refractivity contribution < 1.29 is 71.5 Å². The standard InChI is InChI=1S/C83H99NO15/c1-4-6-8-10-12-13-14-15-16-18-20-42-59-71(95-79(88)65-50-34-24-35-51-65)76(85)84-69(70(94-78(87)64-48-32-23-33-49-64)58-43-21-29-45-62(3)44-28-19-17-11-9-7-5-2)60-93-83-75(99-82(91)68-56-40-27-41-57-68)74(98-81(90)67-54-38-26-39-55-67)73(97-80(89)66-52-36-25-37-53-66)72(96-83)61-92-77(86)63-46-30-22-31-47-63/h22-28,30-41,43-58,69-75,83H,4-21,29,42,59-61H2,1-3H3,(H,84,85)/b44-28+,58-43+,62-45+/t69-,70+,71+,72+,73+,74-,75+,83+/m0/s1. The SMILES string of the molecule is CCCCCCC/C=C/C(C)=C/CC/C=C/[C@@H](OC(=O)c1ccccc1)[C@H](CO[C@@H]1O[C@H](COC(=O)c2ccccc2)[C@@H](OC(=O)c2ccccc2)[C@H](OC(=O)c2ccccc2)[C@H]1OC(=O)c1ccccc1)NC(=O)[C@@H](CCCCCCCCCCCCCC)OC(=O)c1ccccc1. The molecular formula is C83H99NO15. The quantitative estimate of drug-likeness (QED) is 0.0124. The van der Waals surface area contributed by atoms with Crippen LogP contribution in [0.3, 0.4) is 0 Å². The van der Waals surface area contributed by atoms with Crippen molar-refractivity contribution in [3.05, 3.63) is 251 Å². The molecule has 8 atom stereocenters. The lowest BCUT2D eigenvalue weighted by molar-refractivity contribution is -0.300. The van der Waals surface area contributed by atoms with Crippen LogP contribution in [0.1, 0.15) is 218 Å². The summed E-state index contributed by atoms with van der Waals surface area (Å²) in [5.41, 5.74) is 1.95. The minimum absolute atomic E-state index is 0.0763. The second kappa shape index (κ2) is 44.6. The Morgan fingerprint density at radius 1 is 0.434 bits per heavy atom. The van der Waals surface area contributed by atoms with E-state index in [4.69, 9.17) is 37.9 Å². The van der Waals surface area contributed by atoms with E-state index < -0.39 is 104 Å². The fourth-order valence-electron chi connectivity index (χ4n) is 11.4. The van der Waals surface area contributed by atoms with Gasteiger partial charge >= 0.3 is 35.8 Å². The van der Waals surface area contributed by atoms with Gasteiger partial charge in [-0.1, -0.05) is 249 Å². The zero-order chi connectivity index (χ0) is 70.1. The lowest BCUT2D eigenvalue weighted by Crippen LogP contribution is -2.63. The molecule has 1 fully saturated rings. The van der Waals surface area contributed by atoms with Gasteiger partial charge in [0.25, 0.3) is 5.91 Å². The van der Waals surface area contributed by atoms with Crippen LogP contribution < -0.4 is 5.32 Å². The summed E-state index contributed by atoms with van der Waals surface area (Å²) in [6.45, 7) is 5.21. The summed E-state index contributed by atoms with van der Waals surface area (Å²) in [5, 5.41) is 3.06. The molecule has 6 aromatic carbocycles. The van der Waals surface area contributed by atoms with Crippen LogP contribution in [0.25, 0.3) is 0 Å². The summed E-state index contributed by atoms with van der Waals surface area (Å²) in [5.74, 6) is -5.72. The minimum Gasteiger partial charge on any atom is -0.459 e. The van der Waals surface area contributed by atoms with E-state index in [1.54, 1.807) is 152 Å². The lowest BCUT2D eigenvalue weighted by Gasteiger charge is -2.44. The molecule has 1 saturated heterocycles. The molecule has 0 bridgehead atoms. The van der Waals surface area contributed by atoms with Gasteiger partial charge in [0.05, 0.1) is 46.0 Å². The number of esters is 6. The second-order valence-electron chi connectivity index (χ2n) is 24.9. The molecule has 1 N–H and O–H groups in total. The highest BCUT2D eigenvalue weighted by molar-refractivity contribution is 5.93. The highest BCUT2D eigenvalue weighted by Gasteiger charge is 2.54. The van der Waals surface area contributed by atoms with Crippen LogP contribution in [-0.2, 0) is 42.7 Å². The number of hydrogen-bond acceptors (Lipinski definition) is 15. The maximum absolute atomic E-state index is 15.4. The number of carbonyl (C=O) groups is 7. The van der Waals surface area contributed by atoms with Gasteiger partial charge in [0.2, 0.25) is 0 Å². The number of amides is 1. The van der Waals surface area contributed by atoms with Gasteiger partial charge < -0.3 is 43.2 Å². The minimum atomic E-state index is -1.82. The summed E-state index contributed by atoms with van der Waals surface area (Å²) in [7, 11) is 0. The molecule has 0 aromatic heterocycles. The van der Waals surface area contributed by atoms with E-state index in [-0.39, 0.29) is 39.8 Å². The van der Waals surface area contributed by atoms with E-state index in [1.165, 1.54) is 101 Å². The summed E-state index contributed by atoms with van der Waals surface area (Å²) in [6, 6.07) is 47.5. The van der Waals surface area contributed by atoms with Crippen LogP contribution in [0.5, 0.6) is 0 Å². The number of rotatable bonds is 43. The van der Waals surface area contributed by atoms with Gasteiger partial charge in [-0.05, 0) is 124 Å². The Kier molecular flexibility index (Phi) is 34.8. The van der Waals surface area contributed by atoms with Crippen LogP contribution in [0, 0.1) is 0 Å². The number of nitrogens with one attached hydrogen (secondary N) is 1. The molecule has 526 valence electrons. The lowest BCUT2D eigenvalue weighted by atomic mass is 9.97. The molecule has 1 aliphatic rings. The van der Waals surface area contributed by atoms with Crippen molar-refractivity contribution in [2.24, 2.45) is 0 Å². The van der Waals surface area contributed by atoms with Crippen LogP contribution in [0.4, 0.5) is 0 Å². The van der Waals surface area contributed by atoms with Gasteiger partial charge in [-0.3, -0.25) is 4.79 Å². The van der Waals surface area contributed by atoms with E-state index in [0.29, 0.717) is 19.3 Å². The third kappa shape index (κ3) is 27.5. The Hall–Kier alpha value is -9.25. The maximum Gasteiger partial charge on any atom is 0.338 e. The molecule has 16 nitrogen and oxygen atoms in total. The number of carbonyl (C=O) groups excluding carboxylic acids is 7. The summed E-state index contributed by atoms with van der Waals surface area (Å²) < 4.78 is 51.1. The number of ether oxygens (including phenoxy) is 8. The van der Waals surface area contributed by atoms with Gasteiger partial charge in [-0.2, -0.15) is 0 Å². The Morgan fingerprint density at radius 3 is 1.31 bits per heavy atom. The van der Waals surface area contributed by atoms with E-state index >= 15 is 4.79 Å². The first-order valence-electron chi connectivity index (χ1n) is 35.5. The average molecular weight is 1350 g/mol. The molecule has 7 rings (SSSR count). The van der Waals surface area contributed by atoms with E-state index in [0.717, 1.165) is 50.5 Å². The topological polar surface area (TPSA) is 205 Å². The number of unbranched alkanes of at least 4 members (excludes halogenated alkanes) is 17. The second-order valence-corrected chi connectivity index (χ2v) is 24.9. The zero-order valence-corrected chi connectivity index (χ0v) is 57.7. The molecule has 0 aliphatic carbocycles. The molecular weight excluding hydrogens is 1250 g/mol. The molecule has 0 unspecified atom stereocenters. The van der Waals surface area contributed by atoms with E-state index in [1.807, 2.05) is 13.0 Å².